The molecule has 116 valence electrons. The van der Waals surface area contributed by atoms with E-state index in [1.807, 2.05) is 14.0 Å². The van der Waals surface area contributed by atoms with Crippen molar-refractivity contribution in [1.82, 2.24) is 15.1 Å². The van der Waals surface area contributed by atoms with Gasteiger partial charge in [-0.3, -0.25) is 9.69 Å². The Morgan fingerprint density at radius 3 is 2.80 bits per heavy atom. The highest BCUT2D eigenvalue weighted by molar-refractivity contribution is 5.81. The highest BCUT2D eigenvalue weighted by Gasteiger charge is 2.47. The summed E-state index contributed by atoms with van der Waals surface area (Å²) in [6, 6.07) is 1.06. The van der Waals surface area contributed by atoms with Crippen molar-refractivity contribution in [3.05, 3.63) is 0 Å². The van der Waals surface area contributed by atoms with Gasteiger partial charge >= 0.3 is 5.97 Å². The molecule has 1 saturated heterocycles. The quantitative estimate of drug-likeness (QED) is 0.769. The number of rotatable bonds is 4. The van der Waals surface area contributed by atoms with Crippen LogP contribution in [0.4, 0.5) is 0 Å². The van der Waals surface area contributed by atoms with E-state index in [0.717, 1.165) is 38.9 Å². The molecule has 0 aromatic carbocycles. The second kappa shape index (κ2) is 6.41. The molecule has 2 aliphatic rings. The fourth-order valence-electron chi connectivity index (χ4n) is 3.78. The number of nitrogens with one attached hydrogen (secondary N) is 1. The molecule has 2 fully saturated rings. The molecule has 5 heteroatoms. The number of nitrogens with zero attached hydrogens (tertiary/aromatic N) is 2. The third-order valence-corrected chi connectivity index (χ3v) is 4.98. The number of ether oxygens (including phenoxy) is 1. The van der Waals surface area contributed by atoms with Crippen LogP contribution in [-0.2, 0) is 9.53 Å². The van der Waals surface area contributed by atoms with Crippen molar-refractivity contribution in [2.75, 3.05) is 40.3 Å². The van der Waals surface area contributed by atoms with E-state index in [2.05, 4.69) is 29.1 Å². The van der Waals surface area contributed by atoms with Crippen LogP contribution in [0.3, 0.4) is 0 Å². The minimum absolute atomic E-state index is 0.0771. The summed E-state index contributed by atoms with van der Waals surface area (Å²) in [6.07, 6.45) is 2.83. The fraction of sp³-hybridized carbons (Fsp3) is 0.933. The zero-order chi connectivity index (χ0) is 14.8. The van der Waals surface area contributed by atoms with Gasteiger partial charge in [0.25, 0.3) is 0 Å². The molecular weight excluding hydrogens is 254 g/mol. The van der Waals surface area contributed by atoms with Gasteiger partial charge in [-0.2, -0.15) is 0 Å². The minimum Gasteiger partial charge on any atom is -0.465 e. The average molecular weight is 283 g/mol. The van der Waals surface area contributed by atoms with Gasteiger partial charge in [0, 0.05) is 31.7 Å². The van der Waals surface area contributed by atoms with E-state index in [1.165, 1.54) is 0 Å². The molecule has 3 unspecified atom stereocenters. The van der Waals surface area contributed by atoms with E-state index in [1.54, 1.807) is 0 Å². The summed E-state index contributed by atoms with van der Waals surface area (Å²) in [5.41, 5.74) is -0.469. The van der Waals surface area contributed by atoms with Crippen molar-refractivity contribution in [1.29, 1.82) is 0 Å². The predicted molar refractivity (Wildman–Crippen MR) is 79.7 cm³/mol. The Morgan fingerprint density at radius 2 is 2.20 bits per heavy atom. The normalized spacial score (nSPS) is 36.2. The lowest BCUT2D eigenvalue weighted by molar-refractivity contribution is -0.151. The van der Waals surface area contributed by atoms with Gasteiger partial charge in [0.1, 0.15) is 5.54 Å². The molecule has 20 heavy (non-hydrogen) atoms. The Morgan fingerprint density at radius 1 is 1.45 bits per heavy atom. The van der Waals surface area contributed by atoms with Crippen LogP contribution in [0.1, 0.15) is 33.1 Å². The number of hydrogen-bond donors (Lipinski definition) is 1. The Hall–Kier alpha value is -0.650. The maximum Gasteiger partial charge on any atom is 0.326 e. The van der Waals surface area contributed by atoms with Crippen LogP contribution in [0, 0.1) is 0 Å². The van der Waals surface area contributed by atoms with Crippen molar-refractivity contribution in [2.24, 2.45) is 0 Å². The Bertz CT molecular complexity index is 350. The third-order valence-electron chi connectivity index (χ3n) is 4.98. The van der Waals surface area contributed by atoms with E-state index < -0.39 is 5.54 Å². The fourth-order valence-corrected chi connectivity index (χ4v) is 3.78. The van der Waals surface area contributed by atoms with Crippen LogP contribution in [-0.4, -0.2) is 73.7 Å². The maximum atomic E-state index is 12.2. The summed E-state index contributed by atoms with van der Waals surface area (Å²) in [6.45, 7) is 7.95. The molecule has 0 radical (unpaired) electrons. The van der Waals surface area contributed by atoms with Crippen molar-refractivity contribution < 1.29 is 9.53 Å². The Kier molecular flexibility index (Phi) is 5.04. The number of piperazine rings is 1. The highest BCUT2D eigenvalue weighted by atomic mass is 16.5. The van der Waals surface area contributed by atoms with E-state index in [4.69, 9.17) is 4.74 Å². The van der Waals surface area contributed by atoms with Gasteiger partial charge in [-0.1, -0.05) is 0 Å². The van der Waals surface area contributed by atoms with E-state index in [9.17, 15) is 4.79 Å². The summed E-state index contributed by atoms with van der Waals surface area (Å²) >= 11 is 0. The topological polar surface area (TPSA) is 44.8 Å². The third kappa shape index (κ3) is 3.00. The molecule has 2 rings (SSSR count). The molecule has 3 atom stereocenters. The standard InChI is InChI=1S/C15H29N3O2/c1-5-20-14(19)15(16-3)7-6-13(10-15)18-9-8-17(4)11-12(18)2/h12-13,16H,5-11H2,1-4H3. The van der Waals surface area contributed by atoms with E-state index >= 15 is 0 Å². The van der Waals surface area contributed by atoms with Gasteiger partial charge in [-0.25, -0.2) is 0 Å². The minimum atomic E-state index is -0.469. The summed E-state index contributed by atoms with van der Waals surface area (Å²) in [4.78, 5) is 17.2. The first-order valence-electron chi connectivity index (χ1n) is 7.83. The molecule has 0 bridgehead atoms. The lowest BCUT2D eigenvalue weighted by Crippen LogP contribution is -2.55. The van der Waals surface area contributed by atoms with Gasteiger partial charge in [0.2, 0.25) is 0 Å². The SMILES string of the molecule is CCOC(=O)C1(NC)CCC(N2CCN(C)CC2C)C1. The number of likely N-dealkylation sites (N-methyl/N-ethyl adjacent to an activating group) is 2. The highest BCUT2D eigenvalue weighted by Crippen LogP contribution is 2.35. The second-order valence-electron chi connectivity index (χ2n) is 6.30. The van der Waals surface area contributed by atoms with Crippen molar-refractivity contribution in [3.63, 3.8) is 0 Å². The number of carbonyl (C=O) groups excluding carboxylic acids is 1. The summed E-state index contributed by atoms with van der Waals surface area (Å²) in [7, 11) is 4.06. The monoisotopic (exact) mass is 283 g/mol. The molecule has 0 spiro atoms. The smallest absolute Gasteiger partial charge is 0.326 e. The molecule has 1 aliphatic heterocycles. The maximum absolute atomic E-state index is 12.2. The van der Waals surface area contributed by atoms with Crippen LogP contribution >= 0.6 is 0 Å². The molecule has 1 saturated carbocycles. The van der Waals surface area contributed by atoms with Gasteiger partial charge in [-0.05, 0) is 47.2 Å². The number of carbonyl (C=O) groups is 1. The molecule has 1 heterocycles. The van der Waals surface area contributed by atoms with E-state index in [-0.39, 0.29) is 5.97 Å². The van der Waals surface area contributed by atoms with Crippen molar-refractivity contribution in [3.8, 4) is 0 Å². The van der Waals surface area contributed by atoms with Crippen molar-refractivity contribution in [2.45, 2.75) is 50.7 Å². The predicted octanol–water partition coefficient (Wildman–Crippen LogP) is 0.696. The number of hydrogen-bond acceptors (Lipinski definition) is 5. The lowest BCUT2D eigenvalue weighted by Gasteiger charge is -2.42. The summed E-state index contributed by atoms with van der Waals surface area (Å²) < 4.78 is 5.27. The van der Waals surface area contributed by atoms with Crippen LogP contribution in [0.5, 0.6) is 0 Å². The largest absolute Gasteiger partial charge is 0.465 e. The molecule has 0 aromatic heterocycles. The lowest BCUT2D eigenvalue weighted by atomic mass is 9.97. The molecule has 1 aliphatic carbocycles. The first-order valence-corrected chi connectivity index (χ1v) is 7.83. The van der Waals surface area contributed by atoms with Gasteiger partial charge in [0.15, 0.2) is 0 Å². The average Bonchev–Trinajstić information content (AvgIpc) is 2.84. The molecule has 1 N–H and O–H groups in total. The Balaban J connectivity index is 2.01. The summed E-state index contributed by atoms with van der Waals surface area (Å²) in [5.74, 6) is -0.0771. The van der Waals surface area contributed by atoms with Crippen molar-refractivity contribution >= 4 is 5.97 Å². The second-order valence-corrected chi connectivity index (χ2v) is 6.30. The van der Waals surface area contributed by atoms with Gasteiger partial charge < -0.3 is 15.0 Å². The van der Waals surface area contributed by atoms with Crippen LogP contribution in [0.2, 0.25) is 0 Å². The van der Waals surface area contributed by atoms with Crippen LogP contribution < -0.4 is 5.32 Å². The molecule has 0 aromatic rings. The van der Waals surface area contributed by atoms with Gasteiger partial charge in [0.05, 0.1) is 6.61 Å². The van der Waals surface area contributed by atoms with E-state index in [0.29, 0.717) is 18.7 Å². The van der Waals surface area contributed by atoms with Gasteiger partial charge in [-0.15, -0.1) is 0 Å². The zero-order valence-corrected chi connectivity index (χ0v) is 13.3. The molecular formula is C15H29N3O2. The summed E-state index contributed by atoms with van der Waals surface area (Å²) in [5, 5.41) is 3.24. The first kappa shape index (κ1) is 15.7. The molecule has 0 amide bonds. The zero-order valence-electron chi connectivity index (χ0n) is 13.3. The first-order chi connectivity index (χ1) is 9.52. The van der Waals surface area contributed by atoms with Crippen LogP contribution in [0.25, 0.3) is 0 Å². The van der Waals surface area contributed by atoms with Crippen LogP contribution in [0.15, 0.2) is 0 Å². The molecule has 5 nitrogen and oxygen atoms in total. The number of esters is 1. The Labute approximate surface area is 122 Å².